The SMILES string of the molecule is CN(C[C@@H]1C[C@H](F)CN1Cc1cccs1)C(=O)C1CC12CCOCC2. The first-order valence-corrected chi connectivity index (χ1v) is 10.2. The maximum absolute atomic E-state index is 14.0. The smallest absolute Gasteiger partial charge is 0.226 e. The van der Waals surface area contributed by atoms with Crippen molar-refractivity contribution in [1.82, 2.24) is 9.80 Å². The summed E-state index contributed by atoms with van der Waals surface area (Å²) in [4.78, 5) is 18.2. The highest BCUT2D eigenvalue weighted by atomic mass is 32.1. The van der Waals surface area contributed by atoms with Gasteiger partial charge in [0, 0.05) is 56.7 Å². The largest absolute Gasteiger partial charge is 0.381 e. The van der Waals surface area contributed by atoms with Gasteiger partial charge in [-0.25, -0.2) is 4.39 Å². The molecule has 3 aliphatic rings. The minimum atomic E-state index is -0.781. The number of alkyl halides is 1. The average Bonchev–Trinajstić information content (AvgIpc) is 2.94. The lowest BCUT2D eigenvalue weighted by molar-refractivity contribution is -0.133. The van der Waals surface area contributed by atoms with Gasteiger partial charge in [0.2, 0.25) is 5.91 Å². The van der Waals surface area contributed by atoms with Gasteiger partial charge in [-0.3, -0.25) is 9.69 Å². The number of carbonyl (C=O) groups is 1. The van der Waals surface area contributed by atoms with E-state index in [1.165, 1.54) is 4.88 Å². The van der Waals surface area contributed by atoms with Crippen LogP contribution < -0.4 is 0 Å². The van der Waals surface area contributed by atoms with Gasteiger partial charge in [0.1, 0.15) is 6.17 Å². The Kier molecular flexibility index (Phi) is 4.86. The van der Waals surface area contributed by atoms with E-state index in [2.05, 4.69) is 16.3 Å². The third-order valence-corrected chi connectivity index (χ3v) is 7.11. The highest BCUT2D eigenvalue weighted by Crippen LogP contribution is 2.59. The summed E-state index contributed by atoms with van der Waals surface area (Å²) in [5.41, 5.74) is 0.207. The maximum atomic E-state index is 14.0. The second-order valence-electron chi connectivity index (χ2n) is 7.95. The van der Waals surface area contributed by atoms with Crippen LogP contribution in [-0.4, -0.2) is 61.3 Å². The Bertz CT molecular complexity index is 603. The van der Waals surface area contributed by atoms with Gasteiger partial charge in [0.25, 0.3) is 0 Å². The van der Waals surface area contributed by atoms with Gasteiger partial charge in [-0.05, 0) is 42.5 Å². The average molecular weight is 367 g/mol. The number of thiophene rings is 1. The monoisotopic (exact) mass is 366 g/mol. The summed E-state index contributed by atoms with van der Waals surface area (Å²) in [6.07, 6.45) is 2.79. The van der Waals surface area contributed by atoms with Crippen LogP contribution in [0.25, 0.3) is 0 Å². The third-order valence-electron chi connectivity index (χ3n) is 6.25. The zero-order valence-electron chi connectivity index (χ0n) is 14.8. The van der Waals surface area contributed by atoms with E-state index >= 15 is 0 Å². The van der Waals surface area contributed by atoms with Crippen molar-refractivity contribution in [3.63, 3.8) is 0 Å². The molecule has 1 spiro atoms. The molecule has 1 saturated carbocycles. The Hall–Kier alpha value is -0.980. The molecule has 1 aromatic rings. The Morgan fingerprint density at radius 1 is 1.48 bits per heavy atom. The van der Waals surface area contributed by atoms with Crippen LogP contribution >= 0.6 is 11.3 Å². The number of likely N-dealkylation sites (N-methyl/N-ethyl adjacent to an activating group) is 1. The number of hydrogen-bond acceptors (Lipinski definition) is 4. The first-order chi connectivity index (χ1) is 12.1. The van der Waals surface area contributed by atoms with E-state index in [4.69, 9.17) is 4.74 Å². The molecule has 2 aliphatic heterocycles. The standard InChI is InChI=1S/C19H27FN2O2S/c1-21(18(23)17-10-19(17)4-6-24-7-5-19)12-15-9-14(20)11-22(15)13-16-3-2-8-25-16/h2-3,8,14-15,17H,4-7,9-13H2,1H3/t14-,15-,17?/m0/s1. The molecule has 6 heteroatoms. The van der Waals surface area contributed by atoms with Crippen LogP contribution in [0.3, 0.4) is 0 Å². The van der Waals surface area contributed by atoms with Gasteiger partial charge < -0.3 is 9.64 Å². The fourth-order valence-corrected chi connectivity index (χ4v) is 5.34. The molecule has 3 atom stereocenters. The van der Waals surface area contributed by atoms with E-state index < -0.39 is 6.17 Å². The van der Waals surface area contributed by atoms with Crippen molar-refractivity contribution < 1.29 is 13.9 Å². The van der Waals surface area contributed by atoms with Gasteiger partial charge in [0.05, 0.1) is 0 Å². The molecule has 4 rings (SSSR count). The van der Waals surface area contributed by atoms with Crippen LogP contribution in [-0.2, 0) is 16.1 Å². The summed E-state index contributed by atoms with van der Waals surface area (Å²) in [7, 11) is 1.89. The van der Waals surface area contributed by atoms with Crippen molar-refractivity contribution in [2.75, 3.05) is 33.4 Å². The van der Waals surface area contributed by atoms with E-state index in [9.17, 15) is 9.18 Å². The van der Waals surface area contributed by atoms with E-state index in [1.807, 2.05) is 18.0 Å². The zero-order chi connectivity index (χ0) is 17.4. The molecule has 3 heterocycles. The minimum Gasteiger partial charge on any atom is -0.381 e. The number of carbonyl (C=O) groups excluding carboxylic acids is 1. The summed E-state index contributed by atoms with van der Waals surface area (Å²) >= 11 is 1.71. The second kappa shape index (κ2) is 6.97. The maximum Gasteiger partial charge on any atom is 0.226 e. The van der Waals surface area contributed by atoms with Crippen LogP contribution in [0.5, 0.6) is 0 Å². The van der Waals surface area contributed by atoms with Gasteiger partial charge >= 0.3 is 0 Å². The van der Waals surface area contributed by atoms with Crippen molar-refractivity contribution in [3.8, 4) is 0 Å². The third kappa shape index (κ3) is 3.62. The van der Waals surface area contributed by atoms with Crippen LogP contribution in [0, 0.1) is 11.3 Å². The first-order valence-electron chi connectivity index (χ1n) is 9.31. The second-order valence-corrected chi connectivity index (χ2v) is 8.98. The van der Waals surface area contributed by atoms with Crippen LogP contribution in [0.1, 0.15) is 30.6 Å². The highest BCUT2D eigenvalue weighted by molar-refractivity contribution is 7.09. The van der Waals surface area contributed by atoms with Gasteiger partial charge in [0.15, 0.2) is 0 Å². The van der Waals surface area contributed by atoms with Gasteiger partial charge in [-0.1, -0.05) is 6.07 Å². The summed E-state index contributed by atoms with van der Waals surface area (Å²) < 4.78 is 19.4. The number of rotatable bonds is 5. The number of amides is 1. The molecule has 1 aliphatic carbocycles. The number of nitrogens with zero attached hydrogens (tertiary/aromatic N) is 2. The lowest BCUT2D eigenvalue weighted by Gasteiger charge is -2.29. The Morgan fingerprint density at radius 3 is 3.00 bits per heavy atom. The van der Waals surface area contributed by atoms with Crippen LogP contribution in [0.4, 0.5) is 4.39 Å². The molecular formula is C19H27FN2O2S. The first kappa shape index (κ1) is 17.4. The lowest BCUT2D eigenvalue weighted by Crippen LogP contribution is -2.42. The molecule has 25 heavy (non-hydrogen) atoms. The summed E-state index contributed by atoms with van der Waals surface area (Å²) in [6.45, 7) is 3.47. The molecule has 4 nitrogen and oxygen atoms in total. The quantitative estimate of drug-likeness (QED) is 0.803. The van der Waals surface area contributed by atoms with E-state index in [-0.39, 0.29) is 23.3 Å². The van der Waals surface area contributed by atoms with Gasteiger partial charge in [-0.2, -0.15) is 0 Å². The Morgan fingerprint density at radius 2 is 2.28 bits per heavy atom. The molecule has 0 N–H and O–H groups in total. The topological polar surface area (TPSA) is 32.8 Å². The normalized spacial score (nSPS) is 31.4. The molecule has 1 aromatic heterocycles. The fraction of sp³-hybridized carbons (Fsp3) is 0.737. The summed E-state index contributed by atoms with van der Waals surface area (Å²) in [5.74, 6) is 0.412. The van der Waals surface area contributed by atoms with Crippen molar-refractivity contribution in [2.24, 2.45) is 11.3 Å². The highest BCUT2D eigenvalue weighted by Gasteiger charge is 2.58. The van der Waals surface area contributed by atoms with E-state index in [0.717, 1.165) is 39.0 Å². The fourth-order valence-electron chi connectivity index (χ4n) is 4.61. The van der Waals surface area contributed by atoms with Crippen LogP contribution in [0.2, 0.25) is 0 Å². The van der Waals surface area contributed by atoms with Crippen molar-refractivity contribution in [3.05, 3.63) is 22.4 Å². The van der Waals surface area contributed by atoms with Crippen LogP contribution in [0.15, 0.2) is 17.5 Å². The molecule has 3 fully saturated rings. The lowest BCUT2D eigenvalue weighted by atomic mass is 9.93. The summed E-state index contributed by atoms with van der Waals surface area (Å²) in [5, 5.41) is 2.06. The number of hydrogen-bond donors (Lipinski definition) is 0. The molecular weight excluding hydrogens is 339 g/mol. The molecule has 1 amide bonds. The predicted octanol–water partition coefficient (Wildman–Crippen LogP) is 2.94. The number of likely N-dealkylation sites (tertiary alicyclic amines) is 1. The summed E-state index contributed by atoms with van der Waals surface area (Å²) in [6, 6.07) is 4.26. The molecule has 0 bridgehead atoms. The Balaban J connectivity index is 1.34. The molecule has 138 valence electrons. The van der Waals surface area contributed by atoms with E-state index in [1.54, 1.807) is 11.3 Å². The van der Waals surface area contributed by atoms with Crippen molar-refractivity contribution in [2.45, 2.75) is 44.4 Å². The minimum absolute atomic E-state index is 0.121. The molecule has 1 unspecified atom stereocenters. The zero-order valence-corrected chi connectivity index (χ0v) is 15.6. The van der Waals surface area contributed by atoms with Crippen molar-refractivity contribution >= 4 is 17.2 Å². The number of halogens is 1. The van der Waals surface area contributed by atoms with Crippen molar-refractivity contribution in [1.29, 1.82) is 0 Å². The molecule has 0 aromatic carbocycles. The Labute approximate surface area is 152 Å². The van der Waals surface area contributed by atoms with Gasteiger partial charge in [-0.15, -0.1) is 11.3 Å². The molecule has 2 saturated heterocycles. The predicted molar refractivity (Wildman–Crippen MR) is 96.3 cm³/mol. The molecule has 0 radical (unpaired) electrons. The number of ether oxygens (including phenoxy) is 1. The van der Waals surface area contributed by atoms with E-state index in [0.29, 0.717) is 19.5 Å².